The Hall–Kier alpha value is -2.94. The van der Waals surface area contributed by atoms with Gasteiger partial charge in [0.05, 0.1) is 0 Å². The molecule has 0 atom stereocenters. The second-order valence-corrected chi connectivity index (χ2v) is 5.89. The van der Waals surface area contributed by atoms with Crippen LogP contribution in [-0.2, 0) is 9.59 Å². The number of benzene rings is 2. The van der Waals surface area contributed by atoms with Crippen LogP contribution in [0.5, 0.6) is 0 Å². The molecule has 0 aliphatic carbocycles. The van der Waals surface area contributed by atoms with Crippen LogP contribution in [-0.4, -0.2) is 17.4 Å². The fourth-order valence-electron chi connectivity index (χ4n) is 2.33. The fourth-order valence-corrected chi connectivity index (χ4v) is 2.33. The van der Waals surface area contributed by atoms with Crippen LogP contribution in [0.3, 0.4) is 0 Å². The van der Waals surface area contributed by atoms with E-state index in [4.69, 9.17) is 5.11 Å². The van der Waals surface area contributed by atoms with E-state index in [-0.39, 0.29) is 0 Å². The van der Waals surface area contributed by atoms with E-state index in [9.17, 15) is 9.59 Å². The first-order chi connectivity index (χ1) is 11.8. The maximum atomic E-state index is 10.3. The normalized spacial score (nSPS) is 10.6. The molecule has 0 spiro atoms. The van der Waals surface area contributed by atoms with E-state index < -0.39 is 5.97 Å². The quantitative estimate of drug-likeness (QED) is 0.637. The Morgan fingerprint density at radius 1 is 0.840 bits per heavy atom. The molecule has 0 radical (unpaired) electrons. The second kappa shape index (κ2) is 10.0. The molecule has 0 saturated heterocycles. The number of carboxylic acid groups (broad SMARTS) is 1. The van der Waals surface area contributed by atoms with Crippen LogP contribution in [0, 0.1) is 27.7 Å². The van der Waals surface area contributed by atoms with Crippen molar-refractivity contribution in [1.82, 2.24) is 0 Å². The lowest BCUT2D eigenvalue weighted by atomic mass is 10.1. The van der Waals surface area contributed by atoms with E-state index in [1.54, 1.807) is 6.08 Å². The molecule has 2 aromatic carbocycles. The van der Waals surface area contributed by atoms with Gasteiger partial charge in [0.15, 0.2) is 0 Å². The minimum absolute atomic E-state index is 0.791. The molecule has 1 N–H and O–H groups in total. The van der Waals surface area contributed by atoms with E-state index in [1.807, 2.05) is 57.2 Å². The Labute approximate surface area is 149 Å². The van der Waals surface area contributed by atoms with E-state index in [2.05, 4.69) is 13.0 Å². The molecular weight excluding hydrogens is 312 g/mol. The van der Waals surface area contributed by atoms with Gasteiger partial charge in [0.1, 0.15) is 6.29 Å². The zero-order chi connectivity index (χ0) is 18.8. The van der Waals surface area contributed by atoms with Gasteiger partial charge in [-0.25, -0.2) is 4.79 Å². The van der Waals surface area contributed by atoms with Gasteiger partial charge in [0.2, 0.25) is 0 Å². The van der Waals surface area contributed by atoms with Crippen molar-refractivity contribution in [1.29, 1.82) is 0 Å². The van der Waals surface area contributed by atoms with Gasteiger partial charge in [-0.15, -0.1) is 0 Å². The monoisotopic (exact) mass is 336 g/mol. The highest BCUT2D eigenvalue weighted by Crippen LogP contribution is 2.12. The van der Waals surface area contributed by atoms with E-state index in [1.165, 1.54) is 22.8 Å². The maximum absolute atomic E-state index is 10.3. The van der Waals surface area contributed by atoms with Gasteiger partial charge < -0.3 is 5.11 Å². The topological polar surface area (TPSA) is 54.4 Å². The van der Waals surface area contributed by atoms with Crippen molar-refractivity contribution in [3.8, 4) is 0 Å². The first kappa shape index (κ1) is 20.1. The number of hydrogen-bond acceptors (Lipinski definition) is 2. The number of carbonyl (C=O) groups is 2. The van der Waals surface area contributed by atoms with E-state index in [0.717, 1.165) is 29.1 Å². The van der Waals surface area contributed by atoms with Gasteiger partial charge in [-0.05, 0) is 62.1 Å². The van der Waals surface area contributed by atoms with Crippen molar-refractivity contribution in [2.45, 2.75) is 27.7 Å². The zero-order valence-electron chi connectivity index (χ0n) is 15.1. The largest absolute Gasteiger partial charge is 0.478 e. The number of aldehydes is 1. The lowest BCUT2D eigenvalue weighted by molar-refractivity contribution is -0.131. The van der Waals surface area contributed by atoms with Gasteiger partial charge in [0.25, 0.3) is 0 Å². The van der Waals surface area contributed by atoms with Crippen molar-refractivity contribution in [2.75, 3.05) is 0 Å². The van der Waals surface area contributed by atoms with Crippen molar-refractivity contribution >= 4 is 24.4 Å². The zero-order valence-corrected chi connectivity index (χ0v) is 15.1. The van der Waals surface area contributed by atoms with Crippen LogP contribution in [0.2, 0.25) is 0 Å². The van der Waals surface area contributed by atoms with E-state index in [0.29, 0.717) is 0 Å². The summed E-state index contributed by atoms with van der Waals surface area (Å²) >= 11 is 0. The average molecular weight is 336 g/mol. The third-order valence-electron chi connectivity index (χ3n) is 3.61. The molecule has 0 fully saturated rings. The van der Waals surface area contributed by atoms with Gasteiger partial charge in [-0.2, -0.15) is 0 Å². The Morgan fingerprint density at radius 3 is 1.72 bits per heavy atom. The molecule has 2 rings (SSSR count). The number of allylic oxidation sites excluding steroid dienone is 1. The molecule has 0 aliphatic heterocycles. The SMILES string of the molecule is Cc1ccc(/C=C/C(=O)O)c(C)c1.Cc1ccc(/C=C/C=O)c(C)c1. The van der Waals surface area contributed by atoms with Crippen LogP contribution in [0.15, 0.2) is 48.6 Å². The molecule has 0 saturated carbocycles. The van der Waals surface area contributed by atoms with Gasteiger partial charge >= 0.3 is 5.97 Å². The number of aliphatic carboxylic acids is 1. The lowest BCUT2D eigenvalue weighted by Crippen LogP contribution is -1.87. The first-order valence-corrected chi connectivity index (χ1v) is 8.01. The minimum Gasteiger partial charge on any atom is -0.478 e. The molecule has 0 amide bonds. The Bertz CT molecular complexity index is 799. The van der Waals surface area contributed by atoms with Crippen molar-refractivity contribution < 1.29 is 14.7 Å². The molecule has 0 unspecified atom stereocenters. The highest BCUT2D eigenvalue weighted by atomic mass is 16.4. The number of aryl methyl sites for hydroxylation is 4. The Morgan fingerprint density at radius 2 is 1.32 bits per heavy atom. The third-order valence-corrected chi connectivity index (χ3v) is 3.61. The number of hydrogen-bond donors (Lipinski definition) is 1. The summed E-state index contributed by atoms with van der Waals surface area (Å²) < 4.78 is 0. The number of carbonyl (C=O) groups excluding carboxylic acids is 1. The molecule has 0 aliphatic rings. The summed E-state index contributed by atoms with van der Waals surface area (Å²) in [6.07, 6.45) is 6.88. The molecule has 3 nitrogen and oxygen atoms in total. The van der Waals surface area contributed by atoms with Crippen molar-refractivity contribution in [3.05, 3.63) is 81.9 Å². The lowest BCUT2D eigenvalue weighted by Gasteiger charge is -2.00. The van der Waals surface area contributed by atoms with Crippen LogP contribution in [0.25, 0.3) is 12.2 Å². The van der Waals surface area contributed by atoms with Gasteiger partial charge in [-0.1, -0.05) is 53.6 Å². The predicted molar refractivity (Wildman–Crippen MR) is 104 cm³/mol. The summed E-state index contributed by atoms with van der Waals surface area (Å²) in [5.41, 5.74) is 6.78. The first-order valence-electron chi connectivity index (χ1n) is 8.01. The standard InChI is InChI=1S/C11H12O2.C11H12O/c1-8-3-4-10(9(2)7-8)5-6-11(12)13;1-9-5-6-11(4-3-7-12)10(2)8-9/h3-7H,1-2H3,(H,12,13);3-8H,1-2H3/b6-5+;4-3+. The maximum Gasteiger partial charge on any atom is 0.328 e. The van der Waals surface area contributed by atoms with Crippen molar-refractivity contribution in [3.63, 3.8) is 0 Å². The van der Waals surface area contributed by atoms with Crippen molar-refractivity contribution in [2.24, 2.45) is 0 Å². The minimum atomic E-state index is -0.917. The molecule has 3 heteroatoms. The summed E-state index contributed by atoms with van der Waals surface area (Å²) in [5.74, 6) is -0.917. The molecule has 2 aromatic rings. The van der Waals surface area contributed by atoms with Crippen LogP contribution < -0.4 is 0 Å². The van der Waals surface area contributed by atoms with Gasteiger partial charge in [0, 0.05) is 6.08 Å². The predicted octanol–water partition coefficient (Wildman–Crippen LogP) is 4.92. The summed E-state index contributed by atoms with van der Waals surface area (Å²) in [6.45, 7) is 8.07. The van der Waals surface area contributed by atoms with E-state index >= 15 is 0 Å². The number of carboxylic acids is 1. The molecule has 130 valence electrons. The van der Waals surface area contributed by atoms with Gasteiger partial charge in [-0.3, -0.25) is 4.79 Å². The fraction of sp³-hybridized carbons (Fsp3) is 0.182. The smallest absolute Gasteiger partial charge is 0.328 e. The summed E-state index contributed by atoms with van der Waals surface area (Å²) in [5, 5.41) is 8.43. The molecule has 0 heterocycles. The number of rotatable bonds is 4. The molecule has 0 bridgehead atoms. The van der Waals surface area contributed by atoms with Crippen LogP contribution in [0.4, 0.5) is 0 Å². The Balaban J connectivity index is 0.000000251. The summed E-state index contributed by atoms with van der Waals surface area (Å²) in [4.78, 5) is 20.3. The highest BCUT2D eigenvalue weighted by Gasteiger charge is 1.95. The highest BCUT2D eigenvalue weighted by molar-refractivity contribution is 5.85. The molecular formula is C22H24O3. The summed E-state index contributed by atoms with van der Waals surface area (Å²) in [7, 11) is 0. The van der Waals surface area contributed by atoms with Crippen LogP contribution in [0.1, 0.15) is 33.4 Å². The second-order valence-electron chi connectivity index (χ2n) is 5.89. The Kier molecular flexibility index (Phi) is 8.07. The third kappa shape index (κ3) is 7.44. The van der Waals surface area contributed by atoms with Crippen LogP contribution >= 0.6 is 0 Å². The average Bonchev–Trinajstić information content (AvgIpc) is 2.54. The summed E-state index contributed by atoms with van der Waals surface area (Å²) in [6, 6.07) is 12.1. The molecule has 0 aromatic heterocycles. The molecule has 25 heavy (non-hydrogen) atoms.